The Balaban J connectivity index is 2.58. The van der Waals surface area contributed by atoms with Gasteiger partial charge in [0, 0.05) is 19.7 Å². The lowest BCUT2D eigenvalue weighted by atomic mass is 10.1. The lowest BCUT2D eigenvalue weighted by Gasteiger charge is -2.11. The minimum Gasteiger partial charge on any atom is -0.378 e. The van der Waals surface area contributed by atoms with Crippen LogP contribution in [0.1, 0.15) is 11.3 Å². The second kappa shape index (κ2) is 6.28. The predicted octanol–water partition coefficient (Wildman–Crippen LogP) is 3.54. The number of rotatable bonds is 4. The number of hydrogen-bond donors (Lipinski definition) is 1. The van der Waals surface area contributed by atoms with Crippen LogP contribution in [0, 0.1) is 12.7 Å². The van der Waals surface area contributed by atoms with Gasteiger partial charge in [0.25, 0.3) is 0 Å². The Morgan fingerprint density at radius 3 is 2.65 bits per heavy atom. The highest BCUT2D eigenvalue weighted by molar-refractivity contribution is 9.10. The van der Waals surface area contributed by atoms with Crippen LogP contribution in [0.15, 0.2) is 22.7 Å². The van der Waals surface area contributed by atoms with E-state index in [-0.39, 0.29) is 5.82 Å². The molecule has 20 heavy (non-hydrogen) atoms. The van der Waals surface area contributed by atoms with Crippen LogP contribution in [0.2, 0.25) is 0 Å². The third-order valence-corrected chi connectivity index (χ3v) is 3.57. The first-order chi connectivity index (χ1) is 9.55. The minimum absolute atomic E-state index is 0.300. The van der Waals surface area contributed by atoms with Gasteiger partial charge in [0.05, 0.1) is 16.8 Å². The molecule has 0 radical (unpaired) electrons. The number of anilines is 1. The van der Waals surface area contributed by atoms with Crippen LogP contribution in [0.3, 0.4) is 0 Å². The molecule has 0 aliphatic carbocycles. The minimum atomic E-state index is -0.300. The van der Waals surface area contributed by atoms with Gasteiger partial charge >= 0.3 is 0 Å². The zero-order chi connectivity index (χ0) is 14.7. The van der Waals surface area contributed by atoms with Gasteiger partial charge in [-0.25, -0.2) is 14.4 Å². The summed E-state index contributed by atoms with van der Waals surface area (Å²) >= 11 is 3.44. The smallest absolute Gasteiger partial charge is 0.162 e. The Bertz CT molecular complexity index is 614. The Morgan fingerprint density at radius 1 is 1.30 bits per heavy atom. The monoisotopic (exact) mass is 339 g/mol. The molecule has 1 aromatic heterocycles. The average Bonchev–Trinajstić information content (AvgIpc) is 2.40. The molecule has 1 aromatic carbocycles. The van der Waals surface area contributed by atoms with Crippen LogP contribution in [0.4, 0.5) is 10.2 Å². The van der Waals surface area contributed by atoms with Crippen LogP contribution in [-0.2, 0) is 11.3 Å². The SMILES string of the molecule is CNc1nc(-c2cc(C)cc(F)c2)nc(COC)c1Br. The van der Waals surface area contributed by atoms with Crippen LogP contribution >= 0.6 is 15.9 Å². The molecule has 0 saturated heterocycles. The maximum absolute atomic E-state index is 13.5. The van der Waals surface area contributed by atoms with E-state index in [0.29, 0.717) is 29.5 Å². The number of ether oxygens (including phenoxy) is 1. The summed E-state index contributed by atoms with van der Waals surface area (Å²) in [5.41, 5.74) is 2.18. The van der Waals surface area contributed by atoms with E-state index in [1.807, 2.05) is 13.0 Å². The summed E-state index contributed by atoms with van der Waals surface area (Å²) in [6.45, 7) is 2.18. The number of aryl methyl sites for hydroxylation is 1. The van der Waals surface area contributed by atoms with Crippen LogP contribution in [-0.4, -0.2) is 24.1 Å². The van der Waals surface area contributed by atoms with Gasteiger partial charge in [-0.2, -0.15) is 0 Å². The van der Waals surface area contributed by atoms with E-state index in [1.54, 1.807) is 14.2 Å². The normalized spacial score (nSPS) is 10.7. The van der Waals surface area contributed by atoms with Gasteiger partial charge in [-0.3, -0.25) is 0 Å². The standard InChI is InChI=1S/C14H15BrFN3O/c1-8-4-9(6-10(16)5-8)13-18-11(7-20-3)12(15)14(17-2)19-13/h4-6H,7H2,1-3H3,(H,17,18,19). The molecule has 1 N–H and O–H groups in total. The first-order valence-electron chi connectivity index (χ1n) is 6.05. The lowest BCUT2D eigenvalue weighted by Crippen LogP contribution is -2.04. The van der Waals surface area contributed by atoms with Gasteiger partial charge < -0.3 is 10.1 Å². The Labute approximate surface area is 125 Å². The second-order valence-corrected chi connectivity index (χ2v) is 5.15. The summed E-state index contributed by atoms with van der Waals surface area (Å²) in [6, 6.07) is 4.74. The number of hydrogen-bond acceptors (Lipinski definition) is 4. The van der Waals surface area contributed by atoms with E-state index in [2.05, 4.69) is 31.2 Å². The van der Waals surface area contributed by atoms with Crippen molar-refractivity contribution in [3.05, 3.63) is 39.7 Å². The maximum Gasteiger partial charge on any atom is 0.162 e. The topological polar surface area (TPSA) is 47.0 Å². The molecule has 0 fully saturated rings. The molecule has 0 saturated carbocycles. The number of nitrogens with zero attached hydrogens (tertiary/aromatic N) is 2. The van der Waals surface area contributed by atoms with E-state index in [1.165, 1.54) is 12.1 Å². The fourth-order valence-electron chi connectivity index (χ4n) is 1.89. The van der Waals surface area contributed by atoms with Gasteiger partial charge in [0.1, 0.15) is 11.6 Å². The zero-order valence-corrected chi connectivity index (χ0v) is 13.1. The number of aromatic nitrogens is 2. The Hall–Kier alpha value is -1.53. The summed E-state index contributed by atoms with van der Waals surface area (Å²) in [5, 5.41) is 2.99. The largest absolute Gasteiger partial charge is 0.378 e. The van der Waals surface area contributed by atoms with Crippen molar-refractivity contribution in [1.29, 1.82) is 0 Å². The molecule has 6 heteroatoms. The van der Waals surface area contributed by atoms with Crippen molar-refractivity contribution >= 4 is 21.7 Å². The van der Waals surface area contributed by atoms with Crippen molar-refractivity contribution in [3.8, 4) is 11.4 Å². The van der Waals surface area contributed by atoms with Gasteiger partial charge in [-0.05, 0) is 46.6 Å². The van der Waals surface area contributed by atoms with Crippen molar-refractivity contribution in [1.82, 2.24) is 9.97 Å². The highest BCUT2D eigenvalue weighted by atomic mass is 79.9. The Kier molecular flexibility index (Phi) is 4.67. The van der Waals surface area contributed by atoms with Gasteiger partial charge in [0.15, 0.2) is 5.82 Å². The molecule has 106 valence electrons. The second-order valence-electron chi connectivity index (χ2n) is 4.36. The third kappa shape index (κ3) is 3.13. The number of nitrogens with one attached hydrogen (secondary N) is 1. The third-order valence-electron chi connectivity index (χ3n) is 2.74. The van der Waals surface area contributed by atoms with E-state index in [9.17, 15) is 4.39 Å². The summed E-state index contributed by atoms with van der Waals surface area (Å²) in [5.74, 6) is 0.807. The molecule has 0 atom stereocenters. The highest BCUT2D eigenvalue weighted by Crippen LogP contribution is 2.28. The lowest BCUT2D eigenvalue weighted by molar-refractivity contribution is 0.181. The van der Waals surface area contributed by atoms with Gasteiger partial charge in [-0.1, -0.05) is 0 Å². The summed E-state index contributed by atoms with van der Waals surface area (Å²) in [4.78, 5) is 8.83. The van der Waals surface area contributed by atoms with E-state index in [0.717, 1.165) is 10.0 Å². The first-order valence-corrected chi connectivity index (χ1v) is 6.85. The molecule has 2 rings (SSSR count). The van der Waals surface area contributed by atoms with Crippen LogP contribution < -0.4 is 5.32 Å². The van der Waals surface area contributed by atoms with Crippen LogP contribution in [0.25, 0.3) is 11.4 Å². The fourth-order valence-corrected chi connectivity index (χ4v) is 2.38. The molecule has 0 aliphatic heterocycles. The molecule has 4 nitrogen and oxygen atoms in total. The van der Waals surface area contributed by atoms with Crippen molar-refractivity contribution in [2.45, 2.75) is 13.5 Å². The van der Waals surface area contributed by atoms with Gasteiger partial charge in [-0.15, -0.1) is 0 Å². The summed E-state index contributed by atoms with van der Waals surface area (Å²) < 4.78 is 19.4. The molecular weight excluding hydrogens is 325 g/mol. The van der Waals surface area contributed by atoms with E-state index in [4.69, 9.17) is 4.74 Å². The quantitative estimate of drug-likeness (QED) is 0.925. The summed E-state index contributed by atoms with van der Waals surface area (Å²) in [6.07, 6.45) is 0. The molecule has 0 unspecified atom stereocenters. The highest BCUT2D eigenvalue weighted by Gasteiger charge is 2.13. The van der Waals surface area contributed by atoms with Gasteiger partial charge in [0.2, 0.25) is 0 Å². The molecule has 0 bridgehead atoms. The molecule has 1 heterocycles. The number of methoxy groups -OCH3 is 1. The summed E-state index contributed by atoms with van der Waals surface area (Å²) in [7, 11) is 3.36. The van der Waals surface area contributed by atoms with Crippen molar-refractivity contribution in [2.24, 2.45) is 0 Å². The maximum atomic E-state index is 13.5. The van der Waals surface area contributed by atoms with E-state index < -0.39 is 0 Å². The van der Waals surface area contributed by atoms with E-state index >= 15 is 0 Å². The van der Waals surface area contributed by atoms with Crippen molar-refractivity contribution in [3.63, 3.8) is 0 Å². The molecule has 2 aromatic rings. The van der Waals surface area contributed by atoms with Crippen molar-refractivity contribution < 1.29 is 9.13 Å². The number of halogens is 2. The van der Waals surface area contributed by atoms with Crippen molar-refractivity contribution in [2.75, 3.05) is 19.5 Å². The fraction of sp³-hybridized carbons (Fsp3) is 0.286. The number of benzene rings is 1. The molecule has 0 spiro atoms. The molecule has 0 amide bonds. The predicted molar refractivity (Wildman–Crippen MR) is 80.1 cm³/mol. The molecule has 0 aliphatic rings. The van der Waals surface area contributed by atoms with Crippen LogP contribution in [0.5, 0.6) is 0 Å². The average molecular weight is 340 g/mol. The Morgan fingerprint density at radius 2 is 2.05 bits per heavy atom. The zero-order valence-electron chi connectivity index (χ0n) is 11.5. The molecular formula is C14H15BrFN3O. The first kappa shape index (κ1) is 14.9.